The van der Waals surface area contributed by atoms with Gasteiger partial charge in [-0.1, -0.05) is 24.6 Å². The van der Waals surface area contributed by atoms with Crippen molar-refractivity contribution in [2.75, 3.05) is 26.2 Å². The van der Waals surface area contributed by atoms with E-state index in [1.807, 2.05) is 12.1 Å². The van der Waals surface area contributed by atoms with E-state index in [1.54, 1.807) is 0 Å². The Balaban J connectivity index is 1.98. The number of ether oxygens (including phenoxy) is 1. The molecule has 0 aliphatic carbocycles. The Morgan fingerprint density at radius 2 is 1.88 bits per heavy atom. The van der Waals surface area contributed by atoms with Crippen LogP contribution in [0.4, 0.5) is 0 Å². The van der Waals surface area contributed by atoms with Crippen molar-refractivity contribution in [2.24, 2.45) is 5.73 Å². The Morgan fingerprint density at radius 1 is 1.12 bits per heavy atom. The normalized spacial score (nSPS) is 17.0. The molecule has 0 saturated carbocycles. The third kappa shape index (κ3) is 3.72. The molecule has 2 rings (SSSR count). The van der Waals surface area contributed by atoms with E-state index in [9.17, 15) is 0 Å². The molecule has 0 atom stereocenters. The number of piperidine rings is 1. The summed E-state index contributed by atoms with van der Waals surface area (Å²) in [6.07, 6.45) is 4.03. The maximum absolute atomic E-state index is 5.68. The van der Waals surface area contributed by atoms with E-state index < -0.39 is 0 Å². The lowest BCUT2D eigenvalue weighted by Crippen LogP contribution is -2.29. The van der Waals surface area contributed by atoms with E-state index in [-0.39, 0.29) is 0 Å². The minimum absolute atomic E-state index is 0.568. The molecule has 1 aliphatic heterocycles. The minimum Gasteiger partial charge on any atom is -0.492 e. The van der Waals surface area contributed by atoms with Gasteiger partial charge in [-0.15, -0.1) is 0 Å². The summed E-state index contributed by atoms with van der Waals surface area (Å²) in [5.41, 5.74) is 6.76. The smallest absolute Gasteiger partial charge is 0.123 e. The molecule has 3 heteroatoms. The number of benzene rings is 1. The van der Waals surface area contributed by atoms with Crippen molar-refractivity contribution in [3.05, 3.63) is 29.8 Å². The van der Waals surface area contributed by atoms with Crippen LogP contribution >= 0.6 is 0 Å². The van der Waals surface area contributed by atoms with E-state index in [1.165, 1.54) is 37.9 Å². The fraction of sp³-hybridized carbons (Fsp3) is 0.571. The second-order valence-electron chi connectivity index (χ2n) is 4.58. The lowest BCUT2D eigenvalue weighted by Gasteiger charge is -2.27. The summed E-state index contributed by atoms with van der Waals surface area (Å²) in [6.45, 7) is 4.59. The third-order valence-corrected chi connectivity index (χ3v) is 3.19. The summed E-state index contributed by atoms with van der Waals surface area (Å²) in [5.74, 6) is 0.989. The van der Waals surface area contributed by atoms with E-state index in [0.717, 1.165) is 12.3 Å². The summed E-state index contributed by atoms with van der Waals surface area (Å²) in [7, 11) is 0. The summed E-state index contributed by atoms with van der Waals surface area (Å²) < 4.78 is 5.68. The molecule has 3 nitrogen and oxygen atoms in total. The number of rotatable bonds is 5. The number of para-hydroxylation sites is 1. The lowest BCUT2D eigenvalue weighted by atomic mass is 10.1. The van der Waals surface area contributed by atoms with Crippen LogP contribution < -0.4 is 10.5 Å². The summed E-state index contributed by atoms with van der Waals surface area (Å²) in [5, 5.41) is 0. The second kappa shape index (κ2) is 6.62. The van der Waals surface area contributed by atoms with Gasteiger partial charge in [-0.2, -0.15) is 0 Å². The molecule has 94 valence electrons. The highest BCUT2D eigenvalue weighted by molar-refractivity contribution is 5.33. The molecule has 0 unspecified atom stereocenters. The Bertz CT molecular complexity index is 335. The van der Waals surface area contributed by atoms with E-state index >= 15 is 0 Å². The van der Waals surface area contributed by atoms with Crippen LogP contribution in [-0.2, 0) is 6.54 Å². The molecule has 1 saturated heterocycles. The average Bonchev–Trinajstić information content (AvgIpc) is 2.39. The molecule has 0 amide bonds. The summed E-state index contributed by atoms with van der Waals surface area (Å²) in [6, 6.07) is 8.29. The van der Waals surface area contributed by atoms with Crippen LogP contribution in [-0.4, -0.2) is 31.1 Å². The van der Waals surface area contributed by atoms with Gasteiger partial charge in [0, 0.05) is 18.7 Å². The molecular weight excluding hydrogens is 212 g/mol. The molecule has 0 aromatic heterocycles. The number of likely N-dealkylation sites (tertiary alicyclic amines) is 1. The maximum atomic E-state index is 5.68. The van der Waals surface area contributed by atoms with Gasteiger partial charge in [0.2, 0.25) is 0 Å². The largest absolute Gasteiger partial charge is 0.492 e. The van der Waals surface area contributed by atoms with Gasteiger partial charge in [-0.3, -0.25) is 4.90 Å². The van der Waals surface area contributed by atoms with Crippen LogP contribution in [0.2, 0.25) is 0 Å². The quantitative estimate of drug-likeness (QED) is 0.847. The SMILES string of the molecule is NCCOc1ccccc1CN1CCCCC1. The van der Waals surface area contributed by atoms with Crippen molar-refractivity contribution >= 4 is 0 Å². The number of hydrogen-bond acceptors (Lipinski definition) is 3. The zero-order valence-corrected chi connectivity index (χ0v) is 10.4. The standard InChI is InChI=1S/C14H22N2O/c15-8-11-17-14-7-3-2-6-13(14)12-16-9-4-1-5-10-16/h2-3,6-7H,1,4-5,8-12,15H2. The molecule has 1 aromatic carbocycles. The third-order valence-electron chi connectivity index (χ3n) is 3.19. The van der Waals surface area contributed by atoms with E-state index in [4.69, 9.17) is 10.5 Å². The predicted octanol–water partition coefficient (Wildman–Crippen LogP) is 2.01. The van der Waals surface area contributed by atoms with Gasteiger partial charge in [-0.25, -0.2) is 0 Å². The molecule has 0 radical (unpaired) electrons. The molecule has 1 aromatic rings. The summed E-state index contributed by atoms with van der Waals surface area (Å²) >= 11 is 0. The molecule has 0 bridgehead atoms. The van der Waals surface area contributed by atoms with Crippen LogP contribution in [0, 0.1) is 0 Å². The molecular formula is C14H22N2O. The van der Waals surface area contributed by atoms with Crippen molar-refractivity contribution in [1.82, 2.24) is 4.90 Å². The number of hydrogen-bond donors (Lipinski definition) is 1. The average molecular weight is 234 g/mol. The Kier molecular flexibility index (Phi) is 4.83. The Hall–Kier alpha value is -1.06. The first-order chi connectivity index (χ1) is 8.40. The Morgan fingerprint density at radius 3 is 2.65 bits per heavy atom. The van der Waals surface area contributed by atoms with Gasteiger partial charge in [0.15, 0.2) is 0 Å². The fourth-order valence-electron chi connectivity index (χ4n) is 2.30. The van der Waals surface area contributed by atoms with Gasteiger partial charge in [0.05, 0.1) is 0 Å². The Labute approximate surface area is 104 Å². The molecule has 2 N–H and O–H groups in total. The first kappa shape index (κ1) is 12.4. The van der Waals surface area contributed by atoms with Crippen molar-refractivity contribution < 1.29 is 4.74 Å². The van der Waals surface area contributed by atoms with E-state index in [2.05, 4.69) is 17.0 Å². The zero-order chi connectivity index (χ0) is 11.9. The van der Waals surface area contributed by atoms with Gasteiger partial charge in [0.25, 0.3) is 0 Å². The monoisotopic (exact) mass is 234 g/mol. The highest BCUT2D eigenvalue weighted by Crippen LogP contribution is 2.21. The van der Waals surface area contributed by atoms with Crippen LogP contribution in [0.25, 0.3) is 0 Å². The molecule has 1 heterocycles. The van der Waals surface area contributed by atoms with Crippen LogP contribution in [0.3, 0.4) is 0 Å². The maximum Gasteiger partial charge on any atom is 0.123 e. The van der Waals surface area contributed by atoms with Crippen molar-refractivity contribution in [3.63, 3.8) is 0 Å². The van der Waals surface area contributed by atoms with Crippen LogP contribution in [0.1, 0.15) is 24.8 Å². The zero-order valence-electron chi connectivity index (χ0n) is 10.4. The minimum atomic E-state index is 0.568. The first-order valence-electron chi connectivity index (χ1n) is 6.53. The van der Waals surface area contributed by atoms with Gasteiger partial charge >= 0.3 is 0 Å². The van der Waals surface area contributed by atoms with Gasteiger partial charge in [0.1, 0.15) is 12.4 Å². The first-order valence-corrected chi connectivity index (χ1v) is 6.53. The molecule has 1 aliphatic rings. The molecule has 0 spiro atoms. The fourth-order valence-corrected chi connectivity index (χ4v) is 2.30. The van der Waals surface area contributed by atoms with Crippen LogP contribution in [0.5, 0.6) is 5.75 Å². The van der Waals surface area contributed by atoms with Crippen molar-refractivity contribution in [3.8, 4) is 5.75 Å². The lowest BCUT2D eigenvalue weighted by molar-refractivity contribution is 0.216. The number of nitrogens with two attached hydrogens (primary N) is 1. The molecule has 1 fully saturated rings. The van der Waals surface area contributed by atoms with Crippen molar-refractivity contribution in [2.45, 2.75) is 25.8 Å². The number of nitrogens with zero attached hydrogens (tertiary/aromatic N) is 1. The summed E-state index contributed by atoms with van der Waals surface area (Å²) in [4.78, 5) is 2.51. The van der Waals surface area contributed by atoms with Gasteiger partial charge < -0.3 is 10.5 Å². The van der Waals surface area contributed by atoms with Crippen molar-refractivity contribution in [1.29, 1.82) is 0 Å². The highest BCUT2D eigenvalue weighted by atomic mass is 16.5. The topological polar surface area (TPSA) is 38.5 Å². The van der Waals surface area contributed by atoms with Crippen LogP contribution in [0.15, 0.2) is 24.3 Å². The second-order valence-corrected chi connectivity index (χ2v) is 4.58. The van der Waals surface area contributed by atoms with E-state index in [0.29, 0.717) is 13.2 Å². The predicted molar refractivity (Wildman–Crippen MR) is 70.1 cm³/mol. The van der Waals surface area contributed by atoms with Gasteiger partial charge in [-0.05, 0) is 32.0 Å². The molecule has 17 heavy (non-hydrogen) atoms. The highest BCUT2D eigenvalue weighted by Gasteiger charge is 2.12.